The number of aryl methyl sites for hydroxylation is 1. The Bertz CT molecular complexity index is 807. The first kappa shape index (κ1) is 26.8. The number of thiazole rings is 1. The minimum atomic E-state index is 0. The molecule has 2 aromatic rings. The van der Waals surface area contributed by atoms with Crippen LogP contribution in [0, 0.1) is 13.8 Å². The van der Waals surface area contributed by atoms with E-state index in [2.05, 4.69) is 39.5 Å². The van der Waals surface area contributed by atoms with Gasteiger partial charge in [0.15, 0.2) is 5.96 Å². The fourth-order valence-electron chi connectivity index (χ4n) is 2.98. The van der Waals surface area contributed by atoms with Gasteiger partial charge < -0.3 is 19.7 Å². The van der Waals surface area contributed by atoms with Gasteiger partial charge in [0.25, 0.3) is 0 Å². The molecular formula is C20H35IN6O2S. The monoisotopic (exact) mass is 550 g/mol. The van der Waals surface area contributed by atoms with E-state index in [0.717, 1.165) is 46.7 Å². The maximum absolute atomic E-state index is 5.36. The maximum atomic E-state index is 5.36. The fourth-order valence-corrected chi connectivity index (χ4v) is 3.82. The molecule has 2 rings (SSSR count). The molecule has 0 bridgehead atoms. The van der Waals surface area contributed by atoms with Gasteiger partial charge in [0.2, 0.25) is 0 Å². The predicted octanol–water partition coefficient (Wildman–Crippen LogP) is 3.53. The van der Waals surface area contributed by atoms with Crippen molar-refractivity contribution in [2.24, 2.45) is 4.99 Å². The van der Waals surface area contributed by atoms with Gasteiger partial charge in [-0.2, -0.15) is 5.10 Å². The van der Waals surface area contributed by atoms with Gasteiger partial charge in [-0.05, 0) is 27.7 Å². The van der Waals surface area contributed by atoms with Gasteiger partial charge in [-0.15, -0.1) is 35.3 Å². The summed E-state index contributed by atoms with van der Waals surface area (Å²) in [5, 5.41) is 11.1. The SMILES string of the molecule is CCNC(=NCc1c(C)nn(CCOC)c1C)N(C)Cc1csc(C(C)OC)n1.I. The minimum Gasteiger partial charge on any atom is -0.383 e. The summed E-state index contributed by atoms with van der Waals surface area (Å²) in [6.07, 6.45) is 0.0153. The molecule has 170 valence electrons. The van der Waals surface area contributed by atoms with E-state index in [9.17, 15) is 0 Å². The van der Waals surface area contributed by atoms with Crippen LogP contribution in [0.4, 0.5) is 0 Å². The summed E-state index contributed by atoms with van der Waals surface area (Å²) in [4.78, 5) is 11.6. The largest absolute Gasteiger partial charge is 0.383 e. The van der Waals surface area contributed by atoms with Crippen LogP contribution in [0.2, 0.25) is 0 Å². The predicted molar refractivity (Wildman–Crippen MR) is 133 cm³/mol. The Hall–Kier alpha value is -1.24. The Morgan fingerprint density at radius 1 is 1.37 bits per heavy atom. The van der Waals surface area contributed by atoms with E-state index in [1.807, 2.05) is 25.6 Å². The molecule has 0 spiro atoms. The van der Waals surface area contributed by atoms with Crippen molar-refractivity contribution in [3.05, 3.63) is 33.0 Å². The van der Waals surface area contributed by atoms with Crippen LogP contribution in [0.5, 0.6) is 0 Å². The summed E-state index contributed by atoms with van der Waals surface area (Å²) >= 11 is 1.63. The summed E-state index contributed by atoms with van der Waals surface area (Å²) < 4.78 is 12.5. The average Bonchev–Trinajstić information content (AvgIpc) is 3.27. The number of guanidine groups is 1. The first-order valence-electron chi connectivity index (χ1n) is 9.89. The van der Waals surface area contributed by atoms with Crippen molar-refractivity contribution in [1.82, 2.24) is 25.0 Å². The van der Waals surface area contributed by atoms with Gasteiger partial charge in [-0.1, -0.05) is 0 Å². The number of rotatable bonds is 10. The molecule has 0 aliphatic carbocycles. The van der Waals surface area contributed by atoms with E-state index in [4.69, 9.17) is 14.5 Å². The van der Waals surface area contributed by atoms with E-state index in [0.29, 0.717) is 19.7 Å². The number of hydrogen-bond donors (Lipinski definition) is 1. The molecule has 0 saturated carbocycles. The Kier molecular flexibility index (Phi) is 11.8. The highest BCUT2D eigenvalue weighted by Gasteiger charge is 2.14. The van der Waals surface area contributed by atoms with Gasteiger partial charge >= 0.3 is 0 Å². The van der Waals surface area contributed by atoms with Gasteiger partial charge in [0, 0.05) is 44.4 Å². The standard InChI is InChI=1S/C20H34N6O2S.HI/c1-8-21-20(25(5)12-17-13-29-19(23-17)16(4)28-7)22-11-18-14(2)24-26(15(18)3)9-10-27-6;/h13,16H,8-12H2,1-7H3,(H,21,22);1H. The van der Waals surface area contributed by atoms with Crippen molar-refractivity contribution in [3.8, 4) is 0 Å². The first-order chi connectivity index (χ1) is 13.9. The summed E-state index contributed by atoms with van der Waals surface area (Å²) in [6, 6.07) is 0. The summed E-state index contributed by atoms with van der Waals surface area (Å²) in [6.45, 7) is 11.7. The number of hydrogen-bond acceptors (Lipinski definition) is 6. The summed E-state index contributed by atoms with van der Waals surface area (Å²) in [5.41, 5.74) is 4.33. The Morgan fingerprint density at radius 2 is 2.10 bits per heavy atom. The normalized spacial score (nSPS) is 12.6. The Balaban J connectivity index is 0.00000450. The second kappa shape index (κ2) is 13.2. The molecule has 0 aromatic carbocycles. The average molecular weight is 551 g/mol. The van der Waals surface area contributed by atoms with Crippen molar-refractivity contribution >= 4 is 41.3 Å². The highest BCUT2D eigenvalue weighted by molar-refractivity contribution is 14.0. The molecule has 0 amide bonds. The van der Waals surface area contributed by atoms with Crippen molar-refractivity contribution in [2.45, 2.75) is 53.4 Å². The minimum absolute atomic E-state index is 0. The molecule has 0 radical (unpaired) electrons. The highest BCUT2D eigenvalue weighted by Crippen LogP contribution is 2.21. The van der Waals surface area contributed by atoms with E-state index in [1.165, 1.54) is 0 Å². The lowest BCUT2D eigenvalue weighted by molar-refractivity contribution is 0.119. The van der Waals surface area contributed by atoms with Gasteiger partial charge in [-0.25, -0.2) is 9.98 Å². The molecule has 0 aliphatic heterocycles. The van der Waals surface area contributed by atoms with Crippen LogP contribution in [0.1, 0.15) is 47.6 Å². The molecule has 2 heterocycles. The quantitative estimate of drug-likeness (QED) is 0.277. The zero-order valence-electron chi connectivity index (χ0n) is 19.1. The number of nitrogens with one attached hydrogen (secondary N) is 1. The molecule has 1 N–H and O–H groups in total. The molecule has 0 aliphatic rings. The lowest BCUT2D eigenvalue weighted by Crippen LogP contribution is -2.38. The van der Waals surface area contributed by atoms with E-state index in [-0.39, 0.29) is 30.1 Å². The Labute approximate surface area is 201 Å². The second-order valence-electron chi connectivity index (χ2n) is 6.95. The highest BCUT2D eigenvalue weighted by atomic mass is 127. The fraction of sp³-hybridized carbons (Fsp3) is 0.650. The molecule has 0 fully saturated rings. The molecule has 10 heteroatoms. The second-order valence-corrected chi connectivity index (χ2v) is 7.84. The third-order valence-corrected chi connectivity index (χ3v) is 5.85. The first-order valence-corrected chi connectivity index (χ1v) is 10.8. The third kappa shape index (κ3) is 7.17. The van der Waals surface area contributed by atoms with Crippen LogP contribution in [0.3, 0.4) is 0 Å². The van der Waals surface area contributed by atoms with Crippen LogP contribution >= 0.6 is 35.3 Å². The zero-order chi connectivity index (χ0) is 21.4. The van der Waals surface area contributed by atoms with E-state index in [1.54, 1.807) is 25.6 Å². The van der Waals surface area contributed by atoms with Crippen molar-refractivity contribution < 1.29 is 9.47 Å². The third-order valence-electron chi connectivity index (χ3n) is 4.79. The number of nitrogens with zero attached hydrogens (tertiary/aromatic N) is 5. The van der Waals surface area contributed by atoms with E-state index >= 15 is 0 Å². The molecule has 1 atom stereocenters. The van der Waals surface area contributed by atoms with Gasteiger partial charge in [0.1, 0.15) is 11.1 Å². The lowest BCUT2D eigenvalue weighted by atomic mass is 10.2. The zero-order valence-corrected chi connectivity index (χ0v) is 22.2. The molecule has 0 saturated heterocycles. The van der Waals surface area contributed by atoms with Crippen molar-refractivity contribution in [3.63, 3.8) is 0 Å². The summed E-state index contributed by atoms with van der Waals surface area (Å²) in [7, 11) is 5.44. The summed E-state index contributed by atoms with van der Waals surface area (Å²) in [5.74, 6) is 0.852. The smallest absolute Gasteiger partial charge is 0.194 e. The molecular weight excluding hydrogens is 515 g/mol. The Morgan fingerprint density at radius 3 is 2.73 bits per heavy atom. The maximum Gasteiger partial charge on any atom is 0.194 e. The number of halogens is 1. The van der Waals surface area contributed by atoms with Crippen LogP contribution < -0.4 is 5.32 Å². The van der Waals surface area contributed by atoms with Gasteiger partial charge in [-0.3, -0.25) is 4.68 Å². The number of aromatic nitrogens is 3. The molecule has 2 aromatic heterocycles. The van der Waals surface area contributed by atoms with Crippen LogP contribution in [0.15, 0.2) is 10.4 Å². The topological polar surface area (TPSA) is 76.8 Å². The van der Waals surface area contributed by atoms with E-state index < -0.39 is 0 Å². The molecule has 8 nitrogen and oxygen atoms in total. The van der Waals surface area contributed by atoms with Crippen molar-refractivity contribution in [2.75, 3.05) is 34.4 Å². The number of methoxy groups -OCH3 is 2. The molecule has 1 unspecified atom stereocenters. The number of aliphatic imine (C=N–C) groups is 1. The van der Waals surface area contributed by atoms with Crippen molar-refractivity contribution in [1.29, 1.82) is 0 Å². The molecule has 30 heavy (non-hydrogen) atoms. The number of ether oxygens (including phenoxy) is 2. The van der Waals surface area contributed by atoms with Crippen LogP contribution in [0.25, 0.3) is 0 Å². The van der Waals surface area contributed by atoms with Crippen LogP contribution in [-0.4, -0.2) is 60.0 Å². The van der Waals surface area contributed by atoms with Crippen LogP contribution in [-0.2, 0) is 29.1 Å². The lowest BCUT2D eigenvalue weighted by Gasteiger charge is -2.21. The van der Waals surface area contributed by atoms with Gasteiger partial charge in [0.05, 0.1) is 37.6 Å².